The molecule has 0 saturated carbocycles. The van der Waals surface area contributed by atoms with Crippen LogP contribution in [-0.2, 0) is 0 Å². The standard InChI is InChI=1S/C11H20O/c1-4-5-6-11(7-8-12)9-10(2)3/h12H,4-8H2,1-3H3. The summed E-state index contributed by atoms with van der Waals surface area (Å²) in [7, 11) is 0. The first-order chi connectivity index (χ1) is 5.70. The summed E-state index contributed by atoms with van der Waals surface area (Å²) < 4.78 is 0. The highest BCUT2D eigenvalue weighted by atomic mass is 16.2. The lowest BCUT2D eigenvalue weighted by Gasteiger charge is -2.00. The summed E-state index contributed by atoms with van der Waals surface area (Å²) in [5.41, 5.74) is 5.76. The lowest BCUT2D eigenvalue weighted by molar-refractivity contribution is 0.297. The summed E-state index contributed by atoms with van der Waals surface area (Å²) in [5, 5.41) is 8.78. The second-order valence-electron chi connectivity index (χ2n) is 3.31. The van der Waals surface area contributed by atoms with Gasteiger partial charge in [-0.25, -0.2) is 0 Å². The van der Waals surface area contributed by atoms with Gasteiger partial charge in [0.15, 0.2) is 0 Å². The largest absolute Gasteiger partial charge is 0.396 e. The van der Waals surface area contributed by atoms with Crippen LogP contribution < -0.4 is 0 Å². The van der Waals surface area contributed by atoms with Crippen molar-refractivity contribution < 1.29 is 5.11 Å². The van der Waals surface area contributed by atoms with Gasteiger partial charge in [-0.3, -0.25) is 0 Å². The van der Waals surface area contributed by atoms with Crippen LogP contribution in [0.2, 0.25) is 0 Å². The highest BCUT2D eigenvalue weighted by Crippen LogP contribution is 2.10. The Morgan fingerprint density at radius 3 is 2.33 bits per heavy atom. The maximum absolute atomic E-state index is 8.78. The molecule has 0 atom stereocenters. The van der Waals surface area contributed by atoms with E-state index >= 15 is 0 Å². The predicted molar refractivity (Wildman–Crippen MR) is 53.1 cm³/mol. The van der Waals surface area contributed by atoms with E-state index in [4.69, 9.17) is 5.11 Å². The zero-order valence-electron chi connectivity index (χ0n) is 8.48. The first kappa shape index (κ1) is 11.5. The van der Waals surface area contributed by atoms with Gasteiger partial charge in [-0.1, -0.05) is 13.3 Å². The van der Waals surface area contributed by atoms with Crippen LogP contribution in [0.5, 0.6) is 0 Å². The Hall–Kier alpha value is -0.520. The molecule has 0 aliphatic carbocycles. The van der Waals surface area contributed by atoms with Crippen LogP contribution in [0.3, 0.4) is 0 Å². The van der Waals surface area contributed by atoms with Crippen molar-refractivity contribution in [1.29, 1.82) is 0 Å². The molecule has 12 heavy (non-hydrogen) atoms. The van der Waals surface area contributed by atoms with Gasteiger partial charge in [0.05, 0.1) is 0 Å². The van der Waals surface area contributed by atoms with Crippen LogP contribution in [0, 0.1) is 0 Å². The Labute approximate surface area is 75.8 Å². The zero-order valence-corrected chi connectivity index (χ0v) is 8.48. The van der Waals surface area contributed by atoms with Gasteiger partial charge in [-0.2, -0.15) is 0 Å². The molecule has 0 aromatic carbocycles. The summed E-state index contributed by atoms with van der Waals surface area (Å²) in [6.45, 7) is 6.52. The van der Waals surface area contributed by atoms with Crippen molar-refractivity contribution >= 4 is 0 Å². The molecule has 0 fully saturated rings. The van der Waals surface area contributed by atoms with E-state index in [-0.39, 0.29) is 6.61 Å². The number of hydrogen-bond acceptors (Lipinski definition) is 1. The van der Waals surface area contributed by atoms with Gasteiger partial charge in [0, 0.05) is 6.61 Å². The van der Waals surface area contributed by atoms with Gasteiger partial charge in [0.2, 0.25) is 0 Å². The van der Waals surface area contributed by atoms with Crippen LogP contribution in [0.1, 0.15) is 46.5 Å². The van der Waals surface area contributed by atoms with Crippen LogP contribution in [0.4, 0.5) is 0 Å². The molecule has 1 N–H and O–H groups in total. The lowest BCUT2D eigenvalue weighted by Crippen LogP contribution is -1.88. The van der Waals surface area contributed by atoms with E-state index < -0.39 is 0 Å². The Bertz CT molecular complexity index is 169. The molecule has 0 aromatic heterocycles. The van der Waals surface area contributed by atoms with Crippen molar-refractivity contribution in [2.45, 2.75) is 46.5 Å². The van der Waals surface area contributed by atoms with Crippen molar-refractivity contribution in [2.24, 2.45) is 0 Å². The first-order valence-electron chi connectivity index (χ1n) is 4.73. The molecule has 0 aromatic rings. The maximum atomic E-state index is 8.78. The molecule has 0 bridgehead atoms. The molecule has 0 unspecified atom stereocenters. The summed E-state index contributed by atoms with van der Waals surface area (Å²) in [4.78, 5) is 0. The van der Waals surface area contributed by atoms with Gasteiger partial charge >= 0.3 is 0 Å². The van der Waals surface area contributed by atoms with Crippen LogP contribution in [-0.4, -0.2) is 11.7 Å². The molecule has 0 rings (SSSR count). The third-order valence-electron chi connectivity index (χ3n) is 1.67. The molecule has 1 heteroatoms. The summed E-state index contributed by atoms with van der Waals surface area (Å²) in [6.07, 6.45) is 4.28. The molecule has 0 heterocycles. The summed E-state index contributed by atoms with van der Waals surface area (Å²) in [5.74, 6) is 0. The smallest absolute Gasteiger partial charge is 0.0474 e. The predicted octanol–water partition coefficient (Wildman–Crippen LogP) is 3.05. The van der Waals surface area contributed by atoms with E-state index in [0.29, 0.717) is 0 Å². The van der Waals surface area contributed by atoms with Crippen molar-refractivity contribution in [2.75, 3.05) is 6.61 Å². The number of aliphatic hydroxyl groups excluding tert-OH is 1. The number of aliphatic hydroxyl groups is 1. The average Bonchev–Trinajstić information content (AvgIpc) is 2.00. The van der Waals surface area contributed by atoms with E-state index in [0.717, 1.165) is 12.8 Å². The molecule has 1 nitrogen and oxygen atoms in total. The Balaban J connectivity index is 4.13. The Morgan fingerprint density at radius 1 is 1.25 bits per heavy atom. The monoisotopic (exact) mass is 168 g/mol. The van der Waals surface area contributed by atoms with E-state index in [2.05, 4.69) is 12.7 Å². The normalized spacial score (nSPS) is 9.33. The Kier molecular flexibility index (Phi) is 6.84. The van der Waals surface area contributed by atoms with Gasteiger partial charge in [0.25, 0.3) is 0 Å². The zero-order chi connectivity index (χ0) is 9.40. The highest BCUT2D eigenvalue weighted by molar-refractivity contribution is 5.06. The first-order valence-corrected chi connectivity index (χ1v) is 4.73. The topological polar surface area (TPSA) is 20.2 Å². The SMILES string of the molecule is CCCCC(=C=C(C)C)CCO. The minimum absolute atomic E-state index is 0.249. The van der Waals surface area contributed by atoms with Crippen LogP contribution in [0.15, 0.2) is 16.9 Å². The van der Waals surface area contributed by atoms with E-state index in [9.17, 15) is 0 Å². The third kappa shape index (κ3) is 6.21. The van der Waals surface area contributed by atoms with Gasteiger partial charge < -0.3 is 5.11 Å². The minimum Gasteiger partial charge on any atom is -0.396 e. The van der Waals surface area contributed by atoms with Gasteiger partial charge in [-0.05, 0) is 44.3 Å². The fourth-order valence-electron chi connectivity index (χ4n) is 1.13. The van der Waals surface area contributed by atoms with E-state index in [1.807, 2.05) is 13.8 Å². The summed E-state index contributed by atoms with van der Waals surface area (Å²) >= 11 is 0. The van der Waals surface area contributed by atoms with Gasteiger partial charge in [-0.15, -0.1) is 5.73 Å². The average molecular weight is 168 g/mol. The van der Waals surface area contributed by atoms with Gasteiger partial charge in [0.1, 0.15) is 0 Å². The number of hydrogen-bond donors (Lipinski definition) is 1. The quantitative estimate of drug-likeness (QED) is 0.625. The molecule has 0 saturated heterocycles. The van der Waals surface area contributed by atoms with Crippen molar-refractivity contribution in [3.8, 4) is 0 Å². The lowest BCUT2D eigenvalue weighted by atomic mass is 10.1. The molecule has 0 aliphatic heterocycles. The minimum atomic E-state index is 0.249. The molecule has 0 aliphatic rings. The number of rotatable bonds is 5. The second kappa shape index (κ2) is 7.15. The molecular formula is C11H20O. The van der Waals surface area contributed by atoms with Crippen LogP contribution >= 0.6 is 0 Å². The fourth-order valence-corrected chi connectivity index (χ4v) is 1.13. The Morgan fingerprint density at radius 2 is 1.92 bits per heavy atom. The van der Waals surface area contributed by atoms with Crippen molar-refractivity contribution in [3.63, 3.8) is 0 Å². The highest BCUT2D eigenvalue weighted by Gasteiger charge is 1.94. The second-order valence-corrected chi connectivity index (χ2v) is 3.31. The number of unbranched alkanes of at least 4 members (excludes halogenated alkanes) is 1. The summed E-state index contributed by atoms with van der Waals surface area (Å²) in [6, 6.07) is 0. The fraction of sp³-hybridized carbons (Fsp3) is 0.727. The molecule has 0 radical (unpaired) electrons. The van der Waals surface area contributed by atoms with E-state index in [1.54, 1.807) is 0 Å². The molecular weight excluding hydrogens is 148 g/mol. The molecule has 70 valence electrons. The third-order valence-corrected chi connectivity index (χ3v) is 1.67. The maximum Gasteiger partial charge on any atom is 0.0474 e. The van der Waals surface area contributed by atoms with Crippen molar-refractivity contribution in [1.82, 2.24) is 0 Å². The molecule has 0 spiro atoms. The van der Waals surface area contributed by atoms with Crippen LogP contribution in [0.25, 0.3) is 0 Å². The molecule has 0 amide bonds. The van der Waals surface area contributed by atoms with E-state index in [1.165, 1.54) is 24.0 Å². The van der Waals surface area contributed by atoms with Crippen molar-refractivity contribution in [3.05, 3.63) is 16.9 Å².